The highest BCUT2D eigenvalue weighted by atomic mass is 35.5. The van der Waals surface area contributed by atoms with Crippen LogP contribution in [0.5, 0.6) is 17.2 Å². The Balaban J connectivity index is 1.96. The summed E-state index contributed by atoms with van der Waals surface area (Å²) in [6.07, 6.45) is 0. The van der Waals surface area contributed by atoms with Gasteiger partial charge in [0.2, 0.25) is 0 Å². The number of rotatable bonds is 9. The normalized spacial score (nSPS) is 11.5. The monoisotopic (exact) mass is 377 g/mol. The van der Waals surface area contributed by atoms with Crippen LogP contribution < -0.4 is 19.5 Å². The van der Waals surface area contributed by atoms with E-state index in [0.717, 1.165) is 5.56 Å². The van der Waals surface area contributed by atoms with Crippen LogP contribution >= 0.6 is 11.6 Å². The summed E-state index contributed by atoms with van der Waals surface area (Å²) in [4.78, 5) is 12.1. The maximum Gasteiger partial charge on any atom is 0.258 e. The van der Waals surface area contributed by atoms with Gasteiger partial charge in [-0.05, 0) is 56.7 Å². The Labute approximate surface area is 159 Å². The molecule has 0 unspecified atom stereocenters. The van der Waals surface area contributed by atoms with E-state index in [-0.39, 0.29) is 18.6 Å². The van der Waals surface area contributed by atoms with E-state index in [9.17, 15) is 4.79 Å². The molecule has 5 nitrogen and oxygen atoms in total. The van der Waals surface area contributed by atoms with Gasteiger partial charge in [0.1, 0.15) is 5.75 Å². The highest BCUT2D eigenvalue weighted by molar-refractivity contribution is 6.30. The molecule has 140 valence electrons. The second kappa shape index (κ2) is 9.92. The highest BCUT2D eigenvalue weighted by Crippen LogP contribution is 2.30. The minimum atomic E-state index is -0.218. The molecule has 2 aromatic rings. The minimum Gasteiger partial charge on any atom is -0.490 e. The molecule has 0 bridgehead atoms. The zero-order valence-corrected chi connectivity index (χ0v) is 16.0. The van der Waals surface area contributed by atoms with E-state index in [0.29, 0.717) is 35.5 Å². The Morgan fingerprint density at radius 1 is 1.04 bits per heavy atom. The fourth-order valence-electron chi connectivity index (χ4n) is 2.41. The van der Waals surface area contributed by atoms with Gasteiger partial charge in [0.05, 0.1) is 19.3 Å². The van der Waals surface area contributed by atoms with E-state index in [4.69, 9.17) is 25.8 Å². The van der Waals surface area contributed by atoms with Crippen molar-refractivity contribution in [1.29, 1.82) is 0 Å². The molecule has 6 heteroatoms. The predicted octanol–water partition coefficient (Wildman–Crippen LogP) is 4.39. The summed E-state index contributed by atoms with van der Waals surface area (Å²) < 4.78 is 16.6. The molecule has 1 atom stereocenters. The van der Waals surface area contributed by atoms with Gasteiger partial charge in [-0.15, -0.1) is 0 Å². The molecule has 0 aliphatic rings. The van der Waals surface area contributed by atoms with Gasteiger partial charge in [0.15, 0.2) is 18.1 Å². The smallest absolute Gasteiger partial charge is 0.258 e. The molecule has 2 aromatic carbocycles. The molecule has 2 rings (SSSR count). The summed E-state index contributed by atoms with van der Waals surface area (Å²) in [6.45, 7) is 6.76. The second-order valence-electron chi connectivity index (χ2n) is 5.61. The van der Waals surface area contributed by atoms with Crippen molar-refractivity contribution in [3.05, 3.63) is 53.1 Å². The molecule has 0 aliphatic heterocycles. The molecule has 1 amide bonds. The van der Waals surface area contributed by atoms with Crippen LogP contribution in [0.2, 0.25) is 5.02 Å². The standard InChI is InChI=1S/C20H24ClNO4/c1-4-24-18-10-9-15(11-19(18)25-5-2)14(3)22-20(23)13-26-17-8-6-7-16(21)12-17/h6-12,14H,4-5,13H2,1-3H3,(H,22,23)/t14-/m1/s1. The first-order valence-electron chi connectivity index (χ1n) is 8.60. The lowest BCUT2D eigenvalue weighted by Crippen LogP contribution is -2.31. The Morgan fingerprint density at radius 2 is 1.77 bits per heavy atom. The third-order valence-electron chi connectivity index (χ3n) is 3.61. The highest BCUT2D eigenvalue weighted by Gasteiger charge is 2.13. The van der Waals surface area contributed by atoms with E-state index in [1.807, 2.05) is 39.0 Å². The van der Waals surface area contributed by atoms with Crippen molar-refractivity contribution in [2.24, 2.45) is 0 Å². The molecule has 0 saturated carbocycles. The number of benzene rings is 2. The lowest BCUT2D eigenvalue weighted by Gasteiger charge is -2.17. The first kappa shape index (κ1) is 19.9. The van der Waals surface area contributed by atoms with E-state index in [2.05, 4.69) is 5.32 Å². The van der Waals surface area contributed by atoms with Crippen molar-refractivity contribution in [3.8, 4) is 17.2 Å². The van der Waals surface area contributed by atoms with Crippen molar-refractivity contribution in [3.63, 3.8) is 0 Å². The van der Waals surface area contributed by atoms with Gasteiger partial charge in [-0.25, -0.2) is 0 Å². The predicted molar refractivity (Wildman–Crippen MR) is 102 cm³/mol. The maximum absolute atomic E-state index is 12.1. The van der Waals surface area contributed by atoms with Crippen LogP contribution in [0.3, 0.4) is 0 Å². The number of carbonyl (C=O) groups is 1. The molecule has 0 spiro atoms. The molecule has 26 heavy (non-hydrogen) atoms. The van der Waals surface area contributed by atoms with Gasteiger partial charge in [-0.2, -0.15) is 0 Å². The van der Waals surface area contributed by atoms with Crippen LogP contribution in [0.4, 0.5) is 0 Å². The number of hydrogen-bond donors (Lipinski definition) is 1. The second-order valence-corrected chi connectivity index (χ2v) is 6.04. The van der Waals surface area contributed by atoms with E-state index < -0.39 is 0 Å². The Hall–Kier alpha value is -2.40. The zero-order valence-electron chi connectivity index (χ0n) is 15.3. The Morgan fingerprint density at radius 3 is 2.46 bits per heavy atom. The first-order valence-corrected chi connectivity index (χ1v) is 8.98. The molecule has 0 radical (unpaired) electrons. The van der Waals surface area contributed by atoms with Crippen LogP contribution in [-0.4, -0.2) is 25.7 Å². The van der Waals surface area contributed by atoms with Gasteiger partial charge in [-0.1, -0.05) is 23.7 Å². The number of ether oxygens (including phenoxy) is 3. The number of carbonyl (C=O) groups excluding carboxylic acids is 1. The quantitative estimate of drug-likeness (QED) is 0.704. The summed E-state index contributed by atoms with van der Waals surface area (Å²) in [5, 5.41) is 3.47. The third kappa shape index (κ3) is 5.85. The Bertz CT molecular complexity index is 736. The molecular weight excluding hydrogens is 354 g/mol. The molecule has 1 N–H and O–H groups in total. The van der Waals surface area contributed by atoms with Crippen LogP contribution in [-0.2, 0) is 4.79 Å². The lowest BCUT2D eigenvalue weighted by atomic mass is 10.1. The van der Waals surface area contributed by atoms with E-state index >= 15 is 0 Å². The topological polar surface area (TPSA) is 56.8 Å². The van der Waals surface area contributed by atoms with Crippen LogP contribution in [0.1, 0.15) is 32.4 Å². The van der Waals surface area contributed by atoms with Gasteiger partial charge in [0, 0.05) is 5.02 Å². The summed E-state index contributed by atoms with van der Waals surface area (Å²) in [5.41, 5.74) is 0.924. The van der Waals surface area contributed by atoms with Crippen molar-refractivity contribution < 1.29 is 19.0 Å². The fourth-order valence-corrected chi connectivity index (χ4v) is 2.59. The molecular formula is C20H24ClNO4. The number of halogens is 1. The molecule has 0 fully saturated rings. The number of hydrogen-bond acceptors (Lipinski definition) is 4. The summed E-state index contributed by atoms with van der Waals surface area (Å²) in [7, 11) is 0. The van der Waals surface area contributed by atoms with Crippen molar-refractivity contribution in [2.45, 2.75) is 26.8 Å². The average molecular weight is 378 g/mol. The minimum absolute atomic E-state index is 0.0833. The summed E-state index contributed by atoms with van der Waals surface area (Å²) >= 11 is 5.90. The van der Waals surface area contributed by atoms with Gasteiger partial charge in [-0.3, -0.25) is 4.79 Å². The largest absolute Gasteiger partial charge is 0.490 e. The SMILES string of the molecule is CCOc1ccc([C@@H](C)NC(=O)COc2cccc(Cl)c2)cc1OCC. The van der Waals surface area contributed by atoms with Gasteiger partial charge >= 0.3 is 0 Å². The Kier molecular flexibility index (Phi) is 7.60. The van der Waals surface area contributed by atoms with E-state index in [1.54, 1.807) is 24.3 Å². The zero-order chi connectivity index (χ0) is 18.9. The lowest BCUT2D eigenvalue weighted by molar-refractivity contribution is -0.123. The average Bonchev–Trinajstić information content (AvgIpc) is 2.62. The van der Waals surface area contributed by atoms with Gasteiger partial charge in [0.25, 0.3) is 5.91 Å². The maximum atomic E-state index is 12.1. The van der Waals surface area contributed by atoms with E-state index in [1.165, 1.54) is 0 Å². The van der Waals surface area contributed by atoms with Crippen LogP contribution in [0, 0.1) is 0 Å². The molecule has 0 heterocycles. The molecule has 0 saturated heterocycles. The molecule has 0 aliphatic carbocycles. The van der Waals surface area contributed by atoms with Gasteiger partial charge < -0.3 is 19.5 Å². The van der Waals surface area contributed by atoms with Crippen molar-refractivity contribution in [1.82, 2.24) is 5.32 Å². The summed E-state index contributed by atoms with van der Waals surface area (Å²) in [6, 6.07) is 12.4. The molecule has 0 aromatic heterocycles. The van der Waals surface area contributed by atoms with Crippen molar-refractivity contribution >= 4 is 17.5 Å². The summed E-state index contributed by atoms with van der Waals surface area (Å²) in [5.74, 6) is 1.70. The number of nitrogens with one attached hydrogen (secondary N) is 1. The van der Waals surface area contributed by atoms with Crippen LogP contribution in [0.25, 0.3) is 0 Å². The third-order valence-corrected chi connectivity index (χ3v) is 3.85. The van der Waals surface area contributed by atoms with Crippen LogP contribution in [0.15, 0.2) is 42.5 Å². The van der Waals surface area contributed by atoms with Crippen molar-refractivity contribution in [2.75, 3.05) is 19.8 Å². The first-order chi connectivity index (χ1) is 12.5. The fraction of sp³-hybridized carbons (Fsp3) is 0.350. The number of amides is 1.